The minimum Gasteiger partial charge on any atom is -0.494 e. The van der Waals surface area contributed by atoms with Crippen LogP contribution in [0.5, 0.6) is 5.75 Å². The summed E-state index contributed by atoms with van der Waals surface area (Å²) in [7, 11) is 2.91. The Morgan fingerprint density at radius 2 is 2.21 bits per heavy atom. The van der Waals surface area contributed by atoms with Gasteiger partial charge < -0.3 is 20.5 Å². The molecule has 0 bridgehead atoms. The first kappa shape index (κ1) is 15.4. The van der Waals surface area contributed by atoms with Gasteiger partial charge in [-0.3, -0.25) is 4.79 Å². The maximum absolute atomic E-state index is 13.5. The van der Waals surface area contributed by atoms with E-state index in [1.54, 1.807) is 7.11 Å². The number of amides is 1. The Labute approximate surface area is 111 Å². The second kappa shape index (κ2) is 7.70. The van der Waals surface area contributed by atoms with Gasteiger partial charge in [0.1, 0.15) is 0 Å². The van der Waals surface area contributed by atoms with E-state index in [0.29, 0.717) is 19.6 Å². The summed E-state index contributed by atoms with van der Waals surface area (Å²) in [4.78, 5) is 11.9. The number of hydrogen-bond acceptors (Lipinski definition) is 4. The van der Waals surface area contributed by atoms with Gasteiger partial charge in [0.15, 0.2) is 11.6 Å². The highest BCUT2D eigenvalue weighted by atomic mass is 19.1. The minimum atomic E-state index is -0.572. The highest BCUT2D eigenvalue weighted by molar-refractivity contribution is 5.94. The number of ether oxygens (including phenoxy) is 2. The lowest BCUT2D eigenvalue weighted by Gasteiger charge is -2.17. The Bertz CT molecular complexity index is 420. The van der Waals surface area contributed by atoms with E-state index in [0.717, 1.165) is 6.07 Å². The van der Waals surface area contributed by atoms with Gasteiger partial charge in [-0.15, -0.1) is 0 Å². The first-order chi connectivity index (χ1) is 9.12. The zero-order valence-corrected chi connectivity index (χ0v) is 11.1. The van der Waals surface area contributed by atoms with Gasteiger partial charge in [0, 0.05) is 12.7 Å². The highest BCUT2D eigenvalue weighted by Crippen LogP contribution is 2.17. The molecule has 0 spiro atoms. The topological polar surface area (TPSA) is 73.6 Å². The van der Waals surface area contributed by atoms with Crippen molar-refractivity contribution in [2.24, 2.45) is 5.73 Å². The van der Waals surface area contributed by atoms with E-state index in [1.165, 1.54) is 19.2 Å². The fourth-order valence-electron chi connectivity index (χ4n) is 1.68. The van der Waals surface area contributed by atoms with Crippen molar-refractivity contribution in [3.63, 3.8) is 0 Å². The highest BCUT2D eigenvalue weighted by Gasteiger charge is 2.14. The van der Waals surface area contributed by atoms with Gasteiger partial charge in [0.25, 0.3) is 5.91 Å². The Balaban J connectivity index is 2.73. The summed E-state index contributed by atoms with van der Waals surface area (Å²) in [6.45, 7) is 0.798. The number of rotatable bonds is 7. The molecule has 0 aliphatic heterocycles. The van der Waals surface area contributed by atoms with Gasteiger partial charge in [-0.1, -0.05) is 0 Å². The molecule has 106 valence electrons. The van der Waals surface area contributed by atoms with Gasteiger partial charge in [0.05, 0.1) is 19.8 Å². The van der Waals surface area contributed by atoms with Gasteiger partial charge in [-0.2, -0.15) is 0 Å². The van der Waals surface area contributed by atoms with Crippen molar-refractivity contribution >= 4 is 5.91 Å². The molecule has 0 aromatic heterocycles. The van der Waals surface area contributed by atoms with Crippen molar-refractivity contribution in [1.29, 1.82) is 0 Å². The van der Waals surface area contributed by atoms with Crippen LogP contribution in [0.3, 0.4) is 0 Å². The summed E-state index contributed by atoms with van der Waals surface area (Å²) in [6, 6.07) is 3.87. The molecule has 0 radical (unpaired) electrons. The van der Waals surface area contributed by atoms with E-state index in [-0.39, 0.29) is 23.3 Å². The zero-order chi connectivity index (χ0) is 14.3. The summed E-state index contributed by atoms with van der Waals surface area (Å²) in [6.07, 6.45) is 0.595. The third kappa shape index (κ3) is 4.50. The van der Waals surface area contributed by atoms with Crippen LogP contribution in [-0.2, 0) is 4.74 Å². The Kier molecular flexibility index (Phi) is 6.24. The molecule has 1 atom stereocenters. The lowest BCUT2D eigenvalue weighted by atomic mass is 10.1. The minimum absolute atomic E-state index is 0.104. The number of methoxy groups -OCH3 is 2. The van der Waals surface area contributed by atoms with E-state index in [1.807, 2.05) is 0 Å². The smallest absolute Gasteiger partial charge is 0.251 e. The Morgan fingerprint density at radius 3 is 2.74 bits per heavy atom. The predicted octanol–water partition coefficient (Wildman–Crippen LogP) is 0.928. The van der Waals surface area contributed by atoms with Gasteiger partial charge >= 0.3 is 0 Å². The molecule has 0 heterocycles. The maximum atomic E-state index is 13.5. The molecule has 1 aromatic carbocycles. The molecule has 0 aliphatic carbocycles. The summed E-state index contributed by atoms with van der Waals surface area (Å²) >= 11 is 0. The fourth-order valence-corrected chi connectivity index (χ4v) is 1.68. The van der Waals surface area contributed by atoms with Crippen LogP contribution < -0.4 is 15.8 Å². The van der Waals surface area contributed by atoms with Crippen molar-refractivity contribution in [2.75, 3.05) is 27.4 Å². The van der Waals surface area contributed by atoms with Gasteiger partial charge in [-0.25, -0.2) is 4.39 Å². The predicted molar refractivity (Wildman–Crippen MR) is 69.8 cm³/mol. The summed E-state index contributed by atoms with van der Waals surface area (Å²) in [5, 5.41) is 2.75. The molecular weight excluding hydrogens is 251 g/mol. The molecule has 3 N–H and O–H groups in total. The normalized spacial score (nSPS) is 12.0. The second-order valence-electron chi connectivity index (χ2n) is 4.05. The zero-order valence-electron chi connectivity index (χ0n) is 11.1. The van der Waals surface area contributed by atoms with Crippen LogP contribution in [0.2, 0.25) is 0 Å². The molecular formula is C13H19FN2O3. The Morgan fingerprint density at radius 1 is 1.47 bits per heavy atom. The van der Waals surface area contributed by atoms with Crippen LogP contribution >= 0.6 is 0 Å². The SMILES string of the molecule is COCC(CCN)NC(=O)c1ccc(OC)c(F)c1. The quantitative estimate of drug-likeness (QED) is 0.773. The number of benzene rings is 1. The average Bonchev–Trinajstić information content (AvgIpc) is 2.39. The van der Waals surface area contributed by atoms with Crippen LogP contribution in [0.15, 0.2) is 18.2 Å². The molecule has 19 heavy (non-hydrogen) atoms. The first-order valence-corrected chi connectivity index (χ1v) is 5.95. The third-order valence-corrected chi connectivity index (χ3v) is 2.63. The number of nitrogens with two attached hydrogens (primary N) is 1. The van der Waals surface area contributed by atoms with Crippen LogP contribution in [-0.4, -0.2) is 39.3 Å². The average molecular weight is 270 g/mol. The lowest BCUT2D eigenvalue weighted by molar-refractivity contribution is 0.0893. The molecule has 1 amide bonds. The van der Waals surface area contributed by atoms with Crippen LogP contribution in [0.25, 0.3) is 0 Å². The summed E-state index contributed by atoms with van der Waals surface area (Å²) in [5.74, 6) is -0.832. The van der Waals surface area contributed by atoms with Crippen molar-refractivity contribution in [3.05, 3.63) is 29.6 Å². The van der Waals surface area contributed by atoms with E-state index < -0.39 is 5.82 Å². The number of carbonyl (C=O) groups is 1. The second-order valence-corrected chi connectivity index (χ2v) is 4.05. The standard InChI is InChI=1S/C13H19FN2O3/c1-18-8-10(5-6-15)16-13(17)9-3-4-12(19-2)11(14)7-9/h3-4,7,10H,5-6,8,15H2,1-2H3,(H,16,17). The summed E-state index contributed by atoms with van der Waals surface area (Å²) in [5.41, 5.74) is 5.69. The number of nitrogens with one attached hydrogen (secondary N) is 1. The van der Waals surface area contributed by atoms with Gasteiger partial charge in [0.2, 0.25) is 0 Å². The van der Waals surface area contributed by atoms with Gasteiger partial charge in [-0.05, 0) is 31.2 Å². The van der Waals surface area contributed by atoms with Crippen molar-refractivity contribution in [3.8, 4) is 5.75 Å². The molecule has 0 saturated heterocycles. The molecule has 1 unspecified atom stereocenters. The van der Waals surface area contributed by atoms with Crippen molar-refractivity contribution in [1.82, 2.24) is 5.32 Å². The molecule has 0 aliphatic rings. The largest absolute Gasteiger partial charge is 0.494 e. The monoisotopic (exact) mass is 270 g/mol. The Hall–Kier alpha value is -1.66. The van der Waals surface area contributed by atoms with E-state index in [9.17, 15) is 9.18 Å². The lowest BCUT2D eigenvalue weighted by Crippen LogP contribution is -2.39. The van der Waals surface area contributed by atoms with Crippen molar-refractivity contribution in [2.45, 2.75) is 12.5 Å². The molecule has 1 aromatic rings. The fraction of sp³-hybridized carbons (Fsp3) is 0.462. The summed E-state index contributed by atoms with van der Waals surface area (Å²) < 4.78 is 23.3. The molecule has 0 fully saturated rings. The van der Waals surface area contributed by atoms with Crippen LogP contribution in [0, 0.1) is 5.82 Å². The molecule has 1 rings (SSSR count). The number of carbonyl (C=O) groups excluding carboxylic acids is 1. The first-order valence-electron chi connectivity index (χ1n) is 5.95. The number of halogens is 1. The van der Waals surface area contributed by atoms with Crippen molar-refractivity contribution < 1.29 is 18.7 Å². The van der Waals surface area contributed by atoms with Crippen LogP contribution in [0.4, 0.5) is 4.39 Å². The molecule has 6 heteroatoms. The van der Waals surface area contributed by atoms with E-state index >= 15 is 0 Å². The van der Waals surface area contributed by atoms with E-state index in [4.69, 9.17) is 15.2 Å². The molecule has 5 nitrogen and oxygen atoms in total. The third-order valence-electron chi connectivity index (χ3n) is 2.63. The maximum Gasteiger partial charge on any atom is 0.251 e. The van der Waals surface area contributed by atoms with Crippen LogP contribution in [0.1, 0.15) is 16.8 Å². The number of hydrogen-bond donors (Lipinski definition) is 2. The van der Waals surface area contributed by atoms with E-state index in [2.05, 4.69) is 5.32 Å². The molecule has 0 saturated carbocycles.